The molecule has 0 unspecified atom stereocenters. The SMILES string of the molecule is CC(=O)Nc1ccc(NC(C)=O)c2c1C(=O)N(C)C2=O. The van der Waals surface area contributed by atoms with Gasteiger partial charge >= 0.3 is 0 Å². The minimum Gasteiger partial charge on any atom is -0.326 e. The summed E-state index contributed by atoms with van der Waals surface area (Å²) in [5.41, 5.74) is 0.700. The summed E-state index contributed by atoms with van der Waals surface area (Å²) >= 11 is 0. The van der Waals surface area contributed by atoms with Crippen LogP contribution >= 0.6 is 0 Å². The van der Waals surface area contributed by atoms with E-state index in [9.17, 15) is 19.2 Å². The van der Waals surface area contributed by atoms with E-state index in [0.717, 1.165) is 4.90 Å². The summed E-state index contributed by atoms with van der Waals surface area (Å²) in [7, 11) is 1.35. The molecule has 0 bridgehead atoms. The predicted octanol–water partition coefficient (Wildman–Crippen LogP) is 0.829. The van der Waals surface area contributed by atoms with Gasteiger partial charge in [-0.25, -0.2) is 0 Å². The van der Waals surface area contributed by atoms with Gasteiger partial charge in [-0.1, -0.05) is 0 Å². The van der Waals surface area contributed by atoms with Gasteiger partial charge in [-0.05, 0) is 12.1 Å². The van der Waals surface area contributed by atoms with E-state index in [1.807, 2.05) is 0 Å². The molecular weight excluding hydrogens is 262 g/mol. The summed E-state index contributed by atoms with van der Waals surface area (Å²) in [6.07, 6.45) is 0. The van der Waals surface area contributed by atoms with Crippen LogP contribution in [0.4, 0.5) is 11.4 Å². The molecule has 20 heavy (non-hydrogen) atoms. The highest BCUT2D eigenvalue weighted by molar-refractivity contribution is 6.27. The van der Waals surface area contributed by atoms with Crippen LogP contribution in [0.25, 0.3) is 0 Å². The Bertz CT molecular complexity index is 596. The van der Waals surface area contributed by atoms with E-state index in [1.165, 1.54) is 33.0 Å². The average Bonchev–Trinajstić information content (AvgIpc) is 2.57. The van der Waals surface area contributed by atoms with Crippen LogP contribution in [0.1, 0.15) is 34.6 Å². The molecule has 0 saturated carbocycles. The number of nitrogens with zero attached hydrogens (tertiary/aromatic N) is 1. The number of hydrogen-bond donors (Lipinski definition) is 2. The lowest BCUT2D eigenvalue weighted by molar-refractivity contribution is -0.115. The van der Waals surface area contributed by atoms with Gasteiger partial charge in [-0.2, -0.15) is 0 Å². The lowest BCUT2D eigenvalue weighted by Gasteiger charge is -2.10. The molecule has 0 atom stereocenters. The fourth-order valence-electron chi connectivity index (χ4n) is 2.06. The van der Waals surface area contributed by atoms with E-state index in [1.54, 1.807) is 0 Å². The molecule has 0 saturated heterocycles. The summed E-state index contributed by atoms with van der Waals surface area (Å²) in [6, 6.07) is 2.96. The summed E-state index contributed by atoms with van der Waals surface area (Å²) < 4.78 is 0. The maximum atomic E-state index is 12.1. The van der Waals surface area contributed by atoms with Gasteiger partial charge in [0.15, 0.2) is 0 Å². The fourth-order valence-corrected chi connectivity index (χ4v) is 2.06. The van der Waals surface area contributed by atoms with Crippen molar-refractivity contribution in [2.75, 3.05) is 17.7 Å². The van der Waals surface area contributed by atoms with Crippen molar-refractivity contribution < 1.29 is 19.2 Å². The zero-order valence-electron chi connectivity index (χ0n) is 11.2. The Kier molecular flexibility index (Phi) is 3.27. The smallest absolute Gasteiger partial charge is 0.263 e. The highest BCUT2D eigenvalue weighted by Crippen LogP contribution is 2.34. The van der Waals surface area contributed by atoms with Crippen LogP contribution in [-0.4, -0.2) is 35.6 Å². The molecule has 4 amide bonds. The molecule has 2 rings (SSSR count). The normalized spacial score (nSPS) is 13.2. The minimum absolute atomic E-state index is 0.0963. The molecule has 7 heteroatoms. The molecule has 0 aliphatic carbocycles. The third-order valence-corrected chi connectivity index (χ3v) is 2.86. The Labute approximate surface area is 114 Å². The fraction of sp³-hybridized carbons (Fsp3) is 0.231. The summed E-state index contributed by atoms with van der Waals surface area (Å²) in [5, 5.41) is 5.01. The third-order valence-electron chi connectivity index (χ3n) is 2.86. The molecule has 104 valence electrons. The van der Waals surface area contributed by atoms with Crippen molar-refractivity contribution >= 4 is 35.0 Å². The highest BCUT2D eigenvalue weighted by Gasteiger charge is 2.37. The first-order chi connectivity index (χ1) is 9.32. The summed E-state index contributed by atoms with van der Waals surface area (Å²) in [5.74, 6) is -1.73. The Morgan fingerprint density at radius 3 is 1.55 bits per heavy atom. The van der Waals surface area contributed by atoms with Crippen LogP contribution < -0.4 is 10.6 Å². The monoisotopic (exact) mass is 275 g/mol. The van der Waals surface area contributed by atoms with Crippen LogP contribution in [0.15, 0.2) is 12.1 Å². The molecule has 0 spiro atoms. The second kappa shape index (κ2) is 4.76. The first kappa shape index (κ1) is 13.7. The number of fused-ring (bicyclic) bond motifs is 1. The molecule has 1 aliphatic rings. The number of benzene rings is 1. The van der Waals surface area contributed by atoms with Crippen molar-refractivity contribution in [1.29, 1.82) is 0 Å². The number of amides is 4. The Morgan fingerprint density at radius 2 is 1.25 bits per heavy atom. The van der Waals surface area contributed by atoms with Gasteiger partial charge in [-0.15, -0.1) is 0 Å². The lowest BCUT2D eigenvalue weighted by atomic mass is 10.0. The maximum Gasteiger partial charge on any atom is 0.263 e. The van der Waals surface area contributed by atoms with Gasteiger partial charge in [0.2, 0.25) is 11.8 Å². The summed E-state index contributed by atoms with van der Waals surface area (Å²) in [4.78, 5) is 47.4. The molecule has 1 aromatic carbocycles. The molecule has 7 nitrogen and oxygen atoms in total. The number of anilines is 2. The molecular formula is C13H13N3O4. The Morgan fingerprint density at radius 1 is 0.900 bits per heavy atom. The zero-order chi connectivity index (χ0) is 15.0. The molecule has 0 aromatic heterocycles. The van der Waals surface area contributed by atoms with E-state index < -0.39 is 11.8 Å². The van der Waals surface area contributed by atoms with Gasteiger partial charge in [0.25, 0.3) is 11.8 Å². The zero-order valence-corrected chi connectivity index (χ0v) is 11.2. The standard InChI is InChI=1S/C13H13N3O4/c1-6(17)14-8-4-5-9(15-7(2)18)11-10(8)12(19)16(3)13(11)20/h4-5H,1-3H3,(H,14,17)(H,15,18). The van der Waals surface area contributed by atoms with E-state index in [2.05, 4.69) is 10.6 Å². The highest BCUT2D eigenvalue weighted by atomic mass is 16.2. The van der Waals surface area contributed by atoms with Gasteiger partial charge in [0.1, 0.15) is 0 Å². The second-order valence-electron chi connectivity index (χ2n) is 4.44. The van der Waals surface area contributed by atoms with Crippen molar-refractivity contribution in [1.82, 2.24) is 4.90 Å². The van der Waals surface area contributed by atoms with Crippen molar-refractivity contribution in [2.45, 2.75) is 13.8 Å². The first-order valence-corrected chi connectivity index (χ1v) is 5.87. The van der Waals surface area contributed by atoms with E-state index in [0.29, 0.717) is 0 Å². The van der Waals surface area contributed by atoms with Gasteiger partial charge in [-0.3, -0.25) is 24.1 Å². The quantitative estimate of drug-likeness (QED) is 0.781. The van der Waals surface area contributed by atoms with Crippen LogP contribution in [0.3, 0.4) is 0 Å². The largest absolute Gasteiger partial charge is 0.326 e. The topological polar surface area (TPSA) is 95.6 Å². The molecule has 0 fully saturated rings. The van der Waals surface area contributed by atoms with Gasteiger partial charge in [0.05, 0.1) is 22.5 Å². The Balaban J connectivity index is 2.64. The maximum absolute atomic E-state index is 12.1. The van der Waals surface area contributed by atoms with Crippen LogP contribution in [0.2, 0.25) is 0 Å². The van der Waals surface area contributed by atoms with Gasteiger partial charge in [0, 0.05) is 20.9 Å². The van der Waals surface area contributed by atoms with Gasteiger partial charge < -0.3 is 10.6 Å². The molecule has 2 N–H and O–H groups in total. The number of hydrogen-bond acceptors (Lipinski definition) is 4. The Hall–Kier alpha value is -2.70. The molecule has 1 aliphatic heterocycles. The number of nitrogens with one attached hydrogen (secondary N) is 2. The minimum atomic E-state index is -0.513. The molecule has 0 radical (unpaired) electrons. The van der Waals surface area contributed by atoms with E-state index in [-0.39, 0.29) is 34.3 Å². The lowest BCUT2D eigenvalue weighted by Crippen LogP contribution is -2.24. The number of carbonyl (C=O) groups is 4. The number of imide groups is 1. The van der Waals surface area contributed by atoms with Crippen LogP contribution in [0.5, 0.6) is 0 Å². The van der Waals surface area contributed by atoms with Crippen molar-refractivity contribution in [3.05, 3.63) is 23.3 Å². The number of carbonyl (C=O) groups excluding carboxylic acids is 4. The van der Waals surface area contributed by atoms with Crippen molar-refractivity contribution in [3.63, 3.8) is 0 Å². The van der Waals surface area contributed by atoms with E-state index >= 15 is 0 Å². The second-order valence-corrected chi connectivity index (χ2v) is 4.44. The molecule has 1 heterocycles. The third kappa shape index (κ3) is 2.13. The van der Waals surface area contributed by atoms with E-state index in [4.69, 9.17) is 0 Å². The first-order valence-electron chi connectivity index (χ1n) is 5.87. The van der Waals surface area contributed by atoms with Crippen molar-refractivity contribution in [3.8, 4) is 0 Å². The van der Waals surface area contributed by atoms with Crippen molar-refractivity contribution in [2.24, 2.45) is 0 Å². The summed E-state index contributed by atoms with van der Waals surface area (Å²) in [6.45, 7) is 2.61. The van der Waals surface area contributed by atoms with Crippen LogP contribution in [0, 0.1) is 0 Å². The predicted molar refractivity (Wildman–Crippen MR) is 71.5 cm³/mol. The average molecular weight is 275 g/mol. The molecule has 1 aromatic rings. The number of rotatable bonds is 2. The van der Waals surface area contributed by atoms with Crippen LogP contribution in [-0.2, 0) is 9.59 Å².